The quantitative estimate of drug-likeness (QED) is 0.292. The second kappa shape index (κ2) is 11.5. The van der Waals surface area contributed by atoms with Gasteiger partial charge in [-0.05, 0) is 54.4 Å². The number of carbonyl (C=O) groups is 1. The summed E-state index contributed by atoms with van der Waals surface area (Å²) in [6.07, 6.45) is -1.25. The van der Waals surface area contributed by atoms with Gasteiger partial charge in [-0.3, -0.25) is 4.79 Å². The Morgan fingerprint density at radius 2 is 1.63 bits per heavy atom. The zero-order valence-corrected chi connectivity index (χ0v) is 22.5. The SMILES string of the molecule is C[C@@H](O)[C@H](N/C(=N/S(=O)(=O)c1ccc(Cl)cc1)N1C[C@@H](c2ccccc2)C(c2ccc(Cl)cc2)=N1)C(N)=O. The van der Waals surface area contributed by atoms with Gasteiger partial charge in [0.25, 0.3) is 10.0 Å². The molecule has 0 aliphatic carbocycles. The molecule has 9 nitrogen and oxygen atoms in total. The van der Waals surface area contributed by atoms with E-state index in [1.54, 1.807) is 12.1 Å². The van der Waals surface area contributed by atoms with Crippen LogP contribution in [0.15, 0.2) is 93.3 Å². The Balaban J connectivity index is 1.82. The smallest absolute Gasteiger partial charge is 0.285 e. The Morgan fingerprint density at radius 3 is 2.18 bits per heavy atom. The van der Waals surface area contributed by atoms with E-state index in [0.29, 0.717) is 15.8 Å². The van der Waals surface area contributed by atoms with Crippen molar-refractivity contribution in [2.45, 2.75) is 29.9 Å². The molecule has 198 valence electrons. The first kappa shape index (κ1) is 27.6. The minimum atomic E-state index is -4.28. The number of benzene rings is 3. The molecule has 0 spiro atoms. The van der Waals surface area contributed by atoms with Crippen molar-refractivity contribution >= 4 is 50.8 Å². The number of nitrogens with two attached hydrogens (primary N) is 1. The number of hydrogen-bond donors (Lipinski definition) is 3. The Labute approximate surface area is 230 Å². The van der Waals surface area contributed by atoms with Crippen molar-refractivity contribution in [1.82, 2.24) is 10.3 Å². The number of primary amides is 1. The average molecular weight is 574 g/mol. The molecule has 3 aromatic carbocycles. The molecular weight excluding hydrogens is 549 g/mol. The van der Waals surface area contributed by atoms with Gasteiger partial charge in [0, 0.05) is 16.0 Å². The van der Waals surface area contributed by atoms with Crippen LogP contribution in [-0.4, -0.2) is 54.8 Å². The van der Waals surface area contributed by atoms with Gasteiger partial charge in [0.05, 0.1) is 23.3 Å². The van der Waals surface area contributed by atoms with Crippen LogP contribution in [-0.2, 0) is 14.8 Å². The molecule has 1 aliphatic rings. The summed E-state index contributed by atoms with van der Waals surface area (Å²) in [6, 6.07) is 20.8. The van der Waals surface area contributed by atoms with Crippen LogP contribution < -0.4 is 11.1 Å². The van der Waals surface area contributed by atoms with Crippen molar-refractivity contribution < 1.29 is 18.3 Å². The fourth-order valence-corrected chi connectivity index (χ4v) is 5.16. The van der Waals surface area contributed by atoms with Gasteiger partial charge in [-0.25, -0.2) is 5.01 Å². The molecule has 3 aromatic rings. The summed E-state index contributed by atoms with van der Waals surface area (Å²) in [5.41, 5.74) is 7.82. The highest BCUT2D eigenvalue weighted by molar-refractivity contribution is 7.90. The van der Waals surface area contributed by atoms with E-state index < -0.39 is 28.1 Å². The van der Waals surface area contributed by atoms with E-state index in [1.807, 2.05) is 42.5 Å². The third-order valence-corrected chi connectivity index (χ3v) is 7.68. The van der Waals surface area contributed by atoms with Crippen molar-refractivity contribution in [3.8, 4) is 0 Å². The summed E-state index contributed by atoms with van der Waals surface area (Å²) in [7, 11) is -4.28. The molecule has 4 rings (SSSR count). The maximum absolute atomic E-state index is 13.2. The molecule has 0 unspecified atom stereocenters. The van der Waals surface area contributed by atoms with Crippen LogP contribution in [0.2, 0.25) is 10.0 Å². The molecule has 38 heavy (non-hydrogen) atoms. The number of carbonyl (C=O) groups excluding carboxylic acids is 1. The monoisotopic (exact) mass is 573 g/mol. The summed E-state index contributed by atoms with van der Waals surface area (Å²) in [4.78, 5) is 12.0. The Bertz CT molecular complexity index is 1460. The molecule has 0 fully saturated rings. The Hall–Kier alpha value is -3.44. The molecule has 0 saturated heterocycles. The van der Waals surface area contributed by atoms with Crippen LogP contribution in [0.4, 0.5) is 0 Å². The van der Waals surface area contributed by atoms with E-state index in [1.165, 1.54) is 36.2 Å². The molecule has 3 atom stereocenters. The second-order valence-corrected chi connectivity index (χ2v) is 11.1. The lowest BCUT2D eigenvalue weighted by Crippen LogP contribution is -2.54. The highest BCUT2D eigenvalue weighted by Crippen LogP contribution is 2.30. The summed E-state index contributed by atoms with van der Waals surface area (Å²) < 4.78 is 30.4. The highest BCUT2D eigenvalue weighted by atomic mass is 35.5. The number of aliphatic hydroxyl groups is 1. The lowest BCUT2D eigenvalue weighted by Gasteiger charge is -2.24. The van der Waals surface area contributed by atoms with E-state index in [9.17, 15) is 18.3 Å². The van der Waals surface area contributed by atoms with Gasteiger partial charge in [0.15, 0.2) is 0 Å². The van der Waals surface area contributed by atoms with Crippen LogP contribution in [0.3, 0.4) is 0 Å². The van der Waals surface area contributed by atoms with Crippen LogP contribution in [0.5, 0.6) is 0 Å². The van der Waals surface area contributed by atoms with Crippen molar-refractivity contribution in [2.24, 2.45) is 15.2 Å². The number of rotatable bonds is 7. The largest absolute Gasteiger partial charge is 0.391 e. The molecule has 0 saturated carbocycles. The van der Waals surface area contributed by atoms with Gasteiger partial charge < -0.3 is 16.2 Å². The molecule has 12 heteroatoms. The standard InChI is InChI=1S/C26H25Cl2N5O4S/c1-16(34)23(25(29)35)30-26(32-38(36,37)21-13-11-20(28)12-14-21)33-15-22(17-5-3-2-4-6-17)24(31-33)18-7-9-19(27)10-8-18/h2-14,16,22-23,34H,15H2,1H3,(H2,29,35)(H,30,32)/t16-,22+,23+/m1/s1. The number of sulfonamides is 1. The maximum Gasteiger partial charge on any atom is 0.285 e. The predicted octanol–water partition coefficient (Wildman–Crippen LogP) is 3.37. The molecule has 1 aliphatic heterocycles. The van der Waals surface area contributed by atoms with Crippen molar-refractivity contribution in [2.75, 3.05) is 6.54 Å². The molecule has 0 radical (unpaired) electrons. The average Bonchev–Trinajstić information content (AvgIpc) is 3.33. The first-order valence-corrected chi connectivity index (χ1v) is 13.8. The molecule has 0 bridgehead atoms. The number of amides is 1. The topological polar surface area (TPSA) is 137 Å². The highest BCUT2D eigenvalue weighted by Gasteiger charge is 2.34. The molecular formula is C26H25Cl2N5O4S. The summed E-state index contributed by atoms with van der Waals surface area (Å²) in [6.45, 7) is 1.54. The lowest BCUT2D eigenvalue weighted by molar-refractivity contribution is -0.121. The summed E-state index contributed by atoms with van der Waals surface area (Å²) >= 11 is 12.0. The van der Waals surface area contributed by atoms with Crippen molar-refractivity contribution in [3.05, 3.63) is 100 Å². The van der Waals surface area contributed by atoms with E-state index in [4.69, 9.17) is 34.0 Å². The predicted molar refractivity (Wildman–Crippen MR) is 148 cm³/mol. The van der Waals surface area contributed by atoms with E-state index in [2.05, 4.69) is 9.71 Å². The first-order valence-electron chi connectivity index (χ1n) is 11.6. The van der Waals surface area contributed by atoms with Crippen LogP contribution >= 0.6 is 23.2 Å². The number of guanidine groups is 1. The first-order chi connectivity index (χ1) is 18.0. The van der Waals surface area contributed by atoms with Gasteiger partial charge in [-0.1, -0.05) is 65.7 Å². The van der Waals surface area contributed by atoms with Gasteiger partial charge in [-0.15, -0.1) is 4.40 Å². The molecule has 1 heterocycles. The number of halogens is 2. The van der Waals surface area contributed by atoms with Crippen LogP contribution in [0, 0.1) is 0 Å². The summed E-state index contributed by atoms with van der Waals surface area (Å²) in [5, 5.41) is 19.8. The van der Waals surface area contributed by atoms with Crippen molar-refractivity contribution in [3.63, 3.8) is 0 Å². The van der Waals surface area contributed by atoms with Crippen LogP contribution in [0.25, 0.3) is 0 Å². The fourth-order valence-electron chi connectivity index (χ4n) is 3.95. The van der Waals surface area contributed by atoms with E-state index in [0.717, 1.165) is 11.1 Å². The number of nitrogens with one attached hydrogen (secondary N) is 1. The van der Waals surface area contributed by atoms with E-state index >= 15 is 0 Å². The molecule has 1 amide bonds. The second-order valence-electron chi connectivity index (χ2n) is 8.65. The van der Waals surface area contributed by atoms with E-state index in [-0.39, 0.29) is 23.3 Å². The third kappa shape index (κ3) is 6.33. The number of hydrogen-bond acceptors (Lipinski definition) is 5. The number of nitrogens with zero attached hydrogens (tertiary/aromatic N) is 3. The van der Waals surface area contributed by atoms with Gasteiger partial charge in [-0.2, -0.15) is 13.5 Å². The fraction of sp³-hybridized carbons (Fsp3) is 0.192. The van der Waals surface area contributed by atoms with Gasteiger partial charge >= 0.3 is 0 Å². The maximum atomic E-state index is 13.2. The minimum Gasteiger partial charge on any atom is -0.391 e. The summed E-state index contributed by atoms with van der Waals surface area (Å²) in [5.74, 6) is -1.44. The lowest BCUT2D eigenvalue weighted by atomic mass is 9.91. The van der Waals surface area contributed by atoms with Gasteiger partial charge in [0.1, 0.15) is 6.04 Å². The molecule has 0 aromatic heterocycles. The minimum absolute atomic E-state index is 0.116. The zero-order chi connectivity index (χ0) is 27.4. The Kier molecular flexibility index (Phi) is 8.37. The van der Waals surface area contributed by atoms with Crippen molar-refractivity contribution in [1.29, 1.82) is 0 Å². The zero-order valence-electron chi connectivity index (χ0n) is 20.2. The van der Waals surface area contributed by atoms with Crippen LogP contribution in [0.1, 0.15) is 24.0 Å². The number of aliphatic hydroxyl groups excluding tert-OH is 1. The normalized spacial score (nSPS) is 17.6. The molecule has 4 N–H and O–H groups in total. The van der Waals surface area contributed by atoms with Gasteiger partial charge in [0.2, 0.25) is 11.9 Å². The number of hydrazone groups is 1. The third-order valence-electron chi connectivity index (χ3n) is 5.89. The Morgan fingerprint density at radius 1 is 1.05 bits per heavy atom.